The number of hydrogen-bond acceptors (Lipinski definition) is 7. The van der Waals surface area contributed by atoms with Crippen LogP contribution in [0.5, 0.6) is 0 Å². The molecule has 2 aliphatic heterocycles. The molecular formula is C21H21FN6O2. The highest BCUT2D eigenvalue weighted by atomic mass is 19.1. The molecule has 0 radical (unpaired) electrons. The smallest absolute Gasteiger partial charge is 0.269 e. The van der Waals surface area contributed by atoms with Gasteiger partial charge in [-0.2, -0.15) is 0 Å². The van der Waals surface area contributed by atoms with E-state index in [1.165, 1.54) is 18.3 Å². The van der Waals surface area contributed by atoms with Gasteiger partial charge in [-0.3, -0.25) is 9.78 Å². The first-order valence-corrected chi connectivity index (χ1v) is 9.60. The average Bonchev–Trinajstić information content (AvgIpc) is 2.74. The minimum atomic E-state index is -0.341. The number of fused-ring (bicyclic) bond motifs is 9. The van der Waals surface area contributed by atoms with E-state index in [4.69, 9.17) is 10.5 Å². The Morgan fingerprint density at radius 1 is 1.10 bits per heavy atom. The number of amides is 1. The number of pyridine rings is 1. The summed E-state index contributed by atoms with van der Waals surface area (Å²) in [5, 5.41) is 5.88. The molecule has 0 aliphatic carbocycles. The number of rotatable bonds is 0. The Labute approximate surface area is 172 Å². The molecule has 30 heavy (non-hydrogen) atoms. The molecule has 4 N–H and O–H groups in total. The molecule has 9 heteroatoms. The van der Waals surface area contributed by atoms with E-state index in [-0.39, 0.29) is 24.0 Å². The number of carbonyl (C=O) groups excluding carboxylic acids is 1. The van der Waals surface area contributed by atoms with Crippen LogP contribution >= 0.6 is 0 Å². The van der Waals surface area contributed by atoms with E-state index >= 15 is 0 Å². The van der Waals surface area contributed by atoms with Gasteiger partial charge in [-0.15, -0.1) is 0 Å². The molecular weight excluding hydrogens is 387 g/mol. The highest BCUT2D eigenvalue weighted by Gasteiger charge is 2.13. The van der Waals surface area contributed by atoms with Crippen molar-refractivity contribution in [3.63, 3.8) is 0 Å². The van der Waals surface area contributed by atoms with Gasteiger partial charge in [0.05, 0.1) is 12.3 Å². The van der Waals surface area contributed by atoms with E-state index in [0.29, 0.717) is 47.3 Å². The van der Waals surface area contributed by atoms with E-state index < -0.39 is 0 Å². The Balaban J connectivity index is 1.69. The van der Waals surface area contributed by atoms with Crippen LogP contribution in [0.25, 0.3) is 11.3 Å². The van der Waals surface area contributed by atoms with Gasteiger partial charge in [-0.25, -0.2) is 14.4 Å². The number of halogens is 1. The fourth-order valence-electron chi connectivity index (χ4n) is 3.07. The number of carbonyl (C=O) groups is 1. The van der Waals surface area contributed by atoms with Crippen molar-refractivity contribution in [3.8, 4) is 11.3 Å². The molecule has 8 nitrogen and oxygen atoms in total. The molecule has 1 aromatic carbocycles. The van der Waals surface area contributed by atoms with Crippen LogP contribution in [-0.2, 0) is 11.3 Å². The van der Waals surface area contributed by atoms with Gasteiger partial charge in [-0.1, -0.05) is 0 Å². The lowest BCUT2D eigenvalue weighted by Crippen LogP contribution is -2.25. The number of anilines is 3. The van der Waals surface area contributed by atoms with Gasteiger partial charge >= 0.3 is 0 Å². The zero-order valence-corrected chi connectivity index (χ0v) is 16.2. The van der Waals surface area contributed by atoms with Gasteiger partial charge in [0, 0.05) is 48.0 Å². The second-order valence-corrected chi connectivity index (χ2v) is 6.87. The van der Waals surface area contributed by atoms with E-state index in [1.807, 2.05) is 0 Å². The predicted molar refractivity (Wildman–Crippen MR) is 111 cm³/mol. The minimum absolute atomic E-state index is 0.152. The first-order chi connectivity index (χ1) is 14.6. The summed E-state index contributed by atoms with van der Waals surface area (Å²) in [7, 11) is 0. The third-order valence-corrected chi connectivity index (χ3v) is 4.66. The molecule has 4 heterocycles. The maximum Gasteiger partial charge on any atom is 0.269 e. The van der Waals surface area contributed by atoms with Crippen LogP contribution in [0.15, 0.2) is 42.7 Å². The lowest BCUT2D eigenvalue weighted by atomic mass is 10.1. The number of benzene rings is 1. The quantitative estimate of drug-likeness (QED) is 0.524. The summed E-state index contributed by atoms with van der Waals surface area (Å²) in [5.41, 5.74) is 8.99. The molecule has 6 bridgehead atoms. The Morgan fingerprint density at radius 2 is 2.00 bits per heavy atom. The van der Waals surface area contributed by atoms with Gasteiger partial charge in [0.1, 0.15) is 11.5 Å². The maximum absolute atomic E-state index is 14.1. The van der Waals surface area contributed by atoms with Gasteiger partial charge in [0.2, 0.25) is 5.95 Å². The average molecular weight is 408 g/mol. The van der Waals surface area contributed by atoms with Crippen molar-refractivity contribution in [1.29, 1.82) is 0 Å². The van der Waals surface area contributed by atoms with Crippen LogP contribution in [0.4, 0.5) is 21.7 Å². The lowest BCUT2D eigenvalue weighted by Gasteiger charge is -2.10. The van der Waals surface area contributed by atoms with Crippen LogP contribution in [0, 0.1) is 5.82 Å². The fourth-order valence-corrected chi connectivity index (χ4v) is 3.07. The fraction of sp³-hybridized carbons (Fsp3) is 0.238. The van der Waals surface area contributed by atoms with Crippen molar-refractivity contribution in [3.05, 3.63) is 59.8 Å². The van der Waals surface area contributed by atoms with Crippen LogP contribution in [0.2, 0.25) is 0 Å². The lowest BCUT2D eigenvalue weighted by molar-refractivity contribution is 0.0940. The molecule has 0 spiro atoms. The van der Waals surface area contributed by atoms with Gasteiger partial charge in [-0.05, 0) is 43.2 Å². The normalized spacial score (nSPS) is 14.8. The van der Waals surface area contributed by atoms with E-state index in [1.54, 1.807) is 24.4 Å². The topological polar surface area (TPSA) is 115 Å². The van der Waals surface area contributed by atoms with Crippen LogP contribution in [-0.4, -0.2) is 34.0 Å². The monoisotopic (exact) mass is 408 g/mol. The van der Waals surface area contributed by atoms with E-state index in [9.17, 15) is 9.18 Å². The van der Waals surface area contributed by atoms with E-state index in [2.05, 4.69) is 25.6 Å². The molecule has 0 fully saturated rings. The predicted octanol–water partition coefficient (Wildman–Crippen LogP) is 3.04. The van der Waals surface area contributed by atoms with Crippen molar-refractivity contribution in [1.82, 2.24) is 20.3 Å². The van der Waals surface area contributed by atoms with Crippen LogP contribution in [0.1, 0.15) is 28.9 Å². The molecule has 2 aromatic heterocycles. The summed E-state index contributed by atoms with van der Waals surface area (Å²) in [4.78, 5) is 25.2. The van der Waals surface area contributed by atoms with Gasteiger partial charge < -0.3 is 21.1 Å². The Bertz CT molecular complexity index is 1080. The molecule has 0 atom stereocenters. The number of nitrogens with two attached hydrogens (primary N) is 1. The van der Waals surface area contributed by atoms with Gasteiger partial charge in [0.25, 0.3) is 5.91 Å². The molecule has 0 saturated heterocycles. The van der Waals surface area contributed by atoms with Crippen LogP contribution < -0.4 is 16.4 Å². The second-order valence-electron chi connectivity index (χ2n) is 6.87. The number of nitrogens with one attached hydrogen (secondary N) is 2. The third-order valence-electron chi connectivity index (χ3n) is 4.66. The summed E-state index contributed by atoms with van der Waals surface area (Å²) < 4.78 is 19.7. The van der Waals surface area contributed by atoms with Crippen LogP contribution in [0.3, 0.4) is 0 Å². The van der Waals surface area contributed by atoms with E-state index in [0.717, 1.165) is 12.8 Å². The zero-order chi connectivity index (χ0) is 20.9. The molecule has 0 saturated carbocycles. The second kappa shape index (κ2) is 8.83. The number of ether oxygens (including phenoxy) is 1. The van der Waals surface area contributed by atoms with Crippen molar-refractivity contribution >= 4 is 23.2 Å². The van der Waals surface area contributed by atoms with Crippen molar-refractivity contribution in [2.75, 3.05) is 24.2 Å². The summed E-state index contributed by atoms with van der Waals surface area (Å²) in [6.07, 6.45) is 4.56. The summed E-state index contributed by atoms with van der Waals surface area (Å²) in [6, 6.07) is 7.89. The summed E-state index contributed by atoms with van der Waals surface area (Å²) in [6.45, 7) is 1.09. The first-order valence-electron chi connectivity index (χ1n) is 9.60. The van der Waals surface area contributed by atoms with Crippen molar-refractivity contribution in [2.24, 2.45) is 0 Å². The zero-order valence-electron chi connectivity index (χ0n) is 16.2. The minimum Gasteiger partial charge on any atom is -0.398 e. The number of hydrogen-bond donors (Lipinski definition) is 3. The molecule has 154 valence electrons. The third kappa shape index (κ3) is 4.52. The summed E-state index contributed by atoms with van der Waals surface area (Å²) >= 11 is 0. The first kappa shape index (κ1) is 19.7. The molecule has 5 rings (SSSR count). The number of aromatic nitrogens is 3. The highest BCUT2D eigenvalue weighted by Crippen LogP contribution is 2.25. The molecule has 2 aliphatic rings. The van der Waals surface area contributed by atoms with Gasteiger partial charge in [0.15, 0.2) is 0 Å². The van der Waals surface area contributed by atoms with Crippen molar-refractivity contribution in [2.45, 2.75) is 19.4 Å². The number of nitrogens with zero attached hydrogens (tertiary/aromatic N) is 3. The highest BCUT2D eigenvalue weighted by molar-refractivity contribution is 5.94. The largest absolute Gasteiger partial charge is 0.398 e. The Kier molecular flexibility index (Phi) is 5.80. The molecule has 1 amide bonds. The standard InChI is InChI=1S/C21H21FN6O2/c22-16-4-3-14-9-13(16)12-30-8-2-1-6-24-20(29)19-10-17(23)15(11-26-19)18-5-7-25-21(27-14)28-18/h3-5,7,9-11H,1-2,6,8,12H2,(H2,23,26)(H,24,29)(H,25,27,28). The Morgan fingerprint density at radius 3 is 2.87 bits per heavy atom. The molecule has 0 unspecified atom stereocenters. The maximum atomic E-state index is 14.1. The van der Waals surface area contributed by atoms with Crippen molar-refractivity contribution < 1.29 is 13.9 Å². The Hall–Kier alpha value is -3.59. The number of nitrogen functional groups attached to an aromatic ring is 1. The summed E-state index contributed by atoms with van der Waals surface area (Å²) in [5.74, 6) is -0.313. The SMILES string of the molecule is Nc1cc2ncc1-c1ccnc(n1)Nc1ccc(F)c(c1)COCCCCNC2=O. The molecule has 3 aromatic rings.